The van der Waals surface area contributed by atoms with Gasteiger partial charge in [0.05, 0.1) is 12.4 Å². The number of hydrogen-bond donors (Lipinski definition) is 1. The Morgan fingerprint density at radius 3 is 1.50 bits per heavy atom. The lowest BCUT2D eigenvalue weighted by Crippen LogP contribution is -2.31. The van der Waals surface area contributed by atoms with E-state index in [9.17, 15) is 5.11 Å². The van der Waals surface area contributed by atoms with E-state index in [2.05, 4.69) is 36.4 Å². The van der Waals surface area contributed by atoms with Crippen LogP contribution in [-0.2, 0) is 10.3 Å². The average Bonchev–Trinajstić information content (AvgIpc) is 2.70. The molecule has 0 aliphatic heterocycles. The van der Waals surface area contributed by atoms with Crippen molar-refractivity contribution in [3.63, 3.8) is 0 Å². The Morgan fingerprint density at radius 2 is 1.15 bits per heavy atom. The highest BCUT2D eigenvalue weighted by molar-refractivity contribution is 5.47. The molecule has 132 valence electrons. The molecule has 1 atom stereocenters. The first-order chi connectivity index (χ1) is 12.7. The molecule has 0 bridgehead atoms. The van der Waals surface area contributed by atoms with Crippen LogP contribution in [-0.4, -0.2) is 11.2 Å². The average molecular weight is 344 g/mol. The SMILES string of the molecule is C[C@H](O)CC=COC(c1ccccc1)(c1ccccc1)c1ccccc1. The first-order valence-corrected chi connectivity index (χ1v) is 8.91. The van der Waals surface area contributed by atoms with E-state index in [1.807, 2.05) is 60.7 Å². The topological polar surface area (TPSA) is 29.5 Å². The Labute approximate surface area is 155 Å². The van der Waals surface area contributed by atoms with Crippen LogP contribution >= 0.6 is 0 Å². The van der Waals surface area contributed by atoms with Crippen LogP contribution in [0.2, 0.25) is 0 Å². The summed E-state index contributed by atoms with van der Waals surface area (Å²) in [6.45, 7) is 1.77. The minimum atomic E-state index is -0.751. The third-order valence-corrected chi connectivity index (χ3v) is 4.36. The van der Waals surface area contributed by atoms with Crippen LogP contribution in [0.4, 0.5) is 0 Å². The predicted octanol–water partition coefficient (Wildman–Crippen LogP) is 5.28. The van der Waals surface area contributed by atoms with Crippen molar-refractivity contribution in [3.8, 4) is 0 Å². The molecular formula is C24H24O2. The quantitative estimate of drug-likeness (QED) is 0.467. The Kier molecular flexibility index (Phi) is 5.88. The summed E-state index contributed by atoms with van der Waals surface area (Å²) < 4.78 is 6.45. The van der Waals surface area contributed by atoms with Crippen LogP contribution in [0, 0.1) is 0 Å². The van der Waals surface area contributed by atoms with Gasteiger partial charge in [0.15, 0.2) is 5.60 Å². The second-order valence-corrected chi connectivity index (χ2v) is 6.35. The summed E-state index contributed by atoms with van der Waals surface area (Å²) in [5, 5.41) is 9.53. The van der Waals surface area contributed by atoms with E-state index in [1.54, 1.807) is 13.2 Å². The zero-order valence-electron chi connectivity index (χ0n) is 15.0. The summed E-state index contributed by atoms with van der Waals surface area (Å²) in [5.41, 5.74) is 2.41. The lowest BCUT2D eigenvalue weighted by atomic mass is 9.80. The molecule has 3 rings (SSSR count). The molecular weight excluding hydrogens is 320 g/mol. The standard InChI is InChI=1S/C24H24O2/c1-20(25)12-11-19-26-24(21-13-5-2-6-14-21,22-15-7-3-8-16-22)23-17-9-4-10-18-23/h2-11,13-20,25H,12H2,1H3/t20-/m0/s1. The molecule has 3 aromatic carbocycles. The van der Waals surface area contributed by atoms with E-state index in [0.717, 1.165) is 16.7 Å². The summed E-state index contributed by atoms with van der Waals surface area (Å²) in [4.78, 5) is 0. The fourth-order valence-corrected chi connectivity index (χ4v) is 3.13. The number of benzene rings is 3. The van der Waals surface area contributed by atoms with E-state index in [4.69, 9.17) is 4.74 Å². The molecule has 0 amide bonds. The number of aliphatic hydroxyl groups excluding tert-OH is 1. The van der Waals surface area contributed by atoms with Crippen LogP contribution in [0.5, 0.6) is 0 Å². The van der Waals surface area contributed by atoms with Gasteiger partial charge >= 0.3 is 0 Å². The molecule has 2 heteroatoms. The van der Waals surface area contributed by atoms with Crippen molar-refractivity contribution >= 4 is 0 Å². The number of rotatable bonds is 7. The molecule has 0 radical (unpaired) electrons. The summed E-state index contributed by atoms with van der Waals surface area (Å²) in [7, 11) is 0. The van der Waals surface area contributed by atoms with Gasteiger partial charge in [0, 0.05) is 16.7 Å². The molecule has 0 fully saturated rings. The van der Waals surface area contributed by atoms with Crippen molar-refractivity contribution in [1.82, 2.24) is 0 Å². The van der Waals surface area contributed by atoms with Gasteiger partial charge in [-0.3, -0.25) is 0 Å². The molecule has 3 aromatic rings. The molecule has 0 saturated heterocycles. The van der Waals surface area contributed by atoms with Gasteiger partial charge < -0.3 is 9.84 Å². The smallest absolute Gasteiger partial charge is 0.183 e. The Morgan fingerprint density at radius 1 is 0.769 bits per heavy atom. The minimum absolute atomic E-state index is 0.394. The van der Waals surface area contributed by atoms with Crippen LogP contribution in [0.1, 0.15) is 30.0 Å². The molecule has 0 saturated carbocycles. The van der Waals surface area contributed by atoms with E-state index in [1.165, 1.54) is 0 Å². The largest absolute Gasteiger partial charge is 0.481 e. The molecule has 2 nitrogen and oxygen atoms in total. The van der Waals surface area contributed by atoms with Gasteiger partial charge in [-0.25, -0.2) is 0 Å². The molecule has 1 N–H and O–H groups in total. The van der Waals surface area contributed by atoms with Crippen LogP contribution in [0.15, 0.2) is 103 Å². The lowest BCUT2D eigenvalue weighted by molar-refractivity contribution is 0.0962. The third kappa shape index (κ3) is 3.87. The molecule has 0 spiro atoms. The maximum atomic E-state index is 9.53. The lowest BCUT2D eigenvalue weighted by Gasteiger charge is -2.35. The van der Waals surface area contributed by atoms with Crippen molar-refractivity contribution < 1.29 is 9.84 Å². The van der Waals surface area contributed by atoms with Crippen molar-refractivity contribution in [2.75, 3.05) is 0 Å². The molecule has 0 aliphatic rings. The zero-order valence-corrected chi connectivity index (χ0v) is 15.0. The highest BCUT2D eigenvalue weighted by Gasteiger charge is 2.37. The highest BCUT2D eigenvalue weighted by atomic mass is 16.5. The van der Waals surface area contributed by atoms with Crippen LogP contribution < -0.4 is 0 Å². The van der Waals surface area contributed by atoms with Gasteiger partial charge in [-0.2, -0.15) is 0 Å². The van der Waals surface area contributed by atoms with Gasteiger partial charge in [0.25, 0.3) is 0 Å². The number of ether oxygens (including phenoxy) is 1. The molecule has 26 heavy (non-hydrogen) atoms. The fraction of sp³-hybridized carbons (Fsp3) is 0.167. The Bertz CT molecular complexity index is 712. The molecule has 0 unspecified atom stereocenters. The summed E-state index contributed by atoms with van der Waals surface area (Å²) in [5.74, 6) is 0. The highest BCUT2D eigenvalue weighted by Crippen LogP contribution is 2.40. The number of hydrogen-bond acceptors (Lipinski definition) is 2. The summed E-state index contributed by atoms with van der Waals surface area (Å²) in [6, 6.07) is 30.7. The van der Waals surface area contributed by atoms with Gasteiger partial charge in [-0.1, -0.05) is 91.0 Å². The number of aliphatic hydroxyl groups is 1. The van der Waals surface area contributed by atoms with E-state index < -0.39 is 11.7 Å². The molecule has 0 heterocycles. The monoisotopic (exact) mass is 344 g/mol. The van der Waals surface area contributed by atoms with Crippen molar-refractivity contribution in [1.29, 1.82) is 0 Å². The molecule has 0 aliphatic carbocycles. The van der Waals surface area contributed by atoms with Crippen molar-refractivity contribution in [2.45, 2.75) is 25.0 Å². The summed E-state index contributed by atoms with van der Waals surface area (Å²) >= 11 is 0. The van der Waals surface area contributed by atoms with E-state index >= 15 is 0 Å². The van der Waals surface area contributed by atoms with Gasteiger partial charge in [0.1, 0.15) is 0 Å². The van der Waals surface area contributed by atoms with Gasteiger partial charge in [-0.05, 0) is 19.4 Å². The van der Waals surface area contributed by atoms with E-state index in [-0.39, 0.29) is 0 Å². The third-order valence-electron chi connectivity index (χ3n) is 4.36. The second kappa shape index (κ2) is 8.50. The van der Waals surface area contributed by atoms with Gasteiger partial charge in [-0.15, -0.1) is 0 Å². The fourth-order valence-electron chi connectivity index (χ4n) is 3.13. The first kappa shape index (κ1) is 18.0. The molecule has 0 aromatic heterocycles. The maximum absolute atomic E-state index is 9.53. The van der Waals surface area contributed by atoms with Crippen molar-refractivity contribution in [2.24, 2.45) is 0 Å². The maximum Gasteiger partial charge on any atom is 0.183 e. The Hall–Kier alpha value is -2.84. The summed E-state index contributed by atoms with van der Waals surface area (Å²) in [6.07, 6.45) is 3.73. The second-order valence-electron chi connectivity index (χ2n) is 6.35. The Balaban J connectivity index is 2.16. The zero-order chi connectivity index (χ0) is 18.2. The normalized spacial score (nSPS) is 12.8. The van der Waals surface area contributed by atoms with Crippen LogP contribution in [0.25, 0.3) is 0 Å². The van der Waals surface area contributed by atoms with Crippen LogP contribution in [0.3, 0.4) is 0 Å². The minimum Gasteiger partial charge on any atom is -0.481 e. The van der Waals surface area contributed by atoms with Gasteiger partial charge in [0.2, 0.25) is 0 Å². The van der Waals surface area contributed by atoms with Crippen molar-refractivity contribution in [3.05, 3.63) is 120 Å². The first-order valence-electron chi connectivity index (χ1n) is 8.91. The van der Waals surface area contributed by atoms with E-state index in [0.29, 0.717) is 6.42 Å². The predicted molar refractivity (Wildman–Crippen MR) is 106 cm³/mol.